The van der Waals surface area contributed by atoms with Crippen LogP contribution < -0.4 is 5.32 Å². The van der Waals surface area contributed by atoms with Gasteiger partial charge in [0.1, 0.15) is 5.92 Å². The quantitative estimate of drug-likeness (QED) is 0.291. The van der Waals surface area contributed by atoms with E-state index in [1.807, 2.05) is 72.9 Å². The summed E-state index contributed by atoms with van der Waals surface area (Å²) in [6.45, 7) is 2.05. The van der Waals surface area contributed by atoms with Gasteiger partial charge in [-0.15, -0.1) is 0 Å². The number of aliphatic imine (C=N–C) groups is 1. The molecule has 1 atom stereocenters. The molecule has 1 aromatic heterocycles. The summed E-state index contributed by atoms with van der Waals surface area (Å²) in [5.74, 6) is -1.21. The first kappa shape index (κ1) is 22.2. The van der Waals surface area contributed by atoms with Crippen molar-refractivity contribution in [2.45, 2.75) is 12.8 Å². The Hall–Kier alpha value is -4.58. The number of nitrogens with one attached hydrogen (secondary N) is 1. The molecule has 1 amide bonds. The summed E-state index contributed by atoms with van der Waals surface area (Å²) >= 11 is 0. The molecule has 5 rings (SSSR count). The molecule has 1 aliphatic heterocycles. The van der Waals surface area contributed by atoms with Gasteiger partial charge >= 0.3 is 5.97 Å². The van der Waals surface area contributed by atoms with Gasteiger partial charge in [0, 0.05) is 18.1 Å². The van der Waals surface area contributed by atoms with E-state index < -0.39 is 11.9 Å². The Morgan fingerprint density at radius 1 is 0.943 bits per heavy atom. The van der Waals surface area contributed by atoms with Gasteiger partial charge in [0.15, 0.2) is 0 Å². The largest absolute Gasteiger partial charge is 0.462 e. The summed E-state index contributed by atoms with van der Waals surface area (Å²) in [6.07, 6.45) is 3.56. The minimum Gasteiger partial charge on any atom is -0.462 e. The number of fused-ring (bicyclic) bond motifs is 1. The van der Waals surface area contributed by atoms with E-state index in [1.165, 1.54) is 0 Å². The van der Waals surface area contributed by atoms with Crippen LogP contribution in [0.15, 0.2) is 102 Å². The van der Waals surface area contributed by atoms with Gasteiger partial charge < -0.3 is 10.1 Å². The number of ether oxygens (including phenoxy) is 1. The second-order valence-electron chi connectivity index (χ2n) is 8.10. The fraction of sp³-hybridized carbons (Fsp3) is 0.103. The summed E-state index contributed by atoms with van der Waals surface area (Å²) < 4.78 is 5.10. The average molecular weight is 462 g/mol. The van der Waals surface area contributed by atoms with Crippen LogP contribution in [0.25, 0.3) is 11.1 Å². The Kier molecular flexibility index (Phi) is 6.18. The van der Waals surface area contributed by atoms with Crippen LogP contribution in [0, 0.1) is 0 Å². The first-order valence-corrected chi connectivity index (χ1v) is 11.4. The summed E-state index contributed by atoms with van der Waals surface area (Å²) in [5, 5.41) is 2.92. The topological polar surface area (TPSA) is 80.6 Å². The van der Waals surface area contributed by atoms with Crippen LogP contribution in [0.2, 0.25) is 0 Å². The summed E-state index contributed by atoms with van der Waals surface area (Å²) in [6, 6.07) is 26.6. The first-order valence-electron chi connectivity index (χ1n) is 11.4. The molecule has 172 valence electrons. The Morgan fingerprint density at radius 3 is 2.46 bits per heavy atom. The Morgan fingerprint density at radius 2 is 1.74 bits per heavy atom. The van der Waals surface area contributed by atoms with Crippen LogP contribution in [0.5, 0.6) is 0 Å². The number of aromatic nitrogens is 1. The number of hydrogen-bond acceptors (Lipinski definition) is 5. The minimum atomic E-state index is -0.610. The predicted octanol–water partition coefficient (Wildman–Crippen LogP) is 5.78. The molecule has 0 saturated carbocycles. The molecular formula is C29H23N3O3. The molecule has 0 spiro atoms. The molecule has 6 nitrogen and oxygen atoms in total. The standard InChI is InChI=1S/C29H23N3O3/c1-2-35-29(34)21-12-15-24-25(17-21)32-28(33)26(24)27(20-7-4-3-5-8-20)31-23-13-10-19(11-14-23)22-9-6-16-30-18-22/h3-18,26H,2H2,1H3,(H,32,33). The van der Waals surface area contributed by atoms with E-state index in [0.717, 1.165) is 27.9 Å². The van der Waals surface area contributed by atoms with Crippen molar-refractivity contribution in [1.82, 2.24) is 4.98 Å². The molecule has 2 heterocycles. The van der Waals surface area contributed by atoms with Crippen molar-refractivity contribution >= 4 is 29.0 Å². The minimum absolute atomic E-state index is 0.185. The van der Waals surface area contributed by atoms with E-state index >= 15 is 0 Å². The number of hydrogen-bond donors (Lipinski definition) is 1. The van der Waals surface area contributed by atoms with Gasteiger partial charge in [-0.1, -0.05) is 54.6 Å². The Labute approximate surface area is 203 Å². The van der Waals surface area contributed by atoms with Crippen LogP contribution in [0.3, 0.4) is 0 Å². The van der Waals surface area contributed by atoms with Gasteiger partial charge in [0.05, 0.1) is 23.6 Å². The summed E-state index contributed by atoms with van der Waals surface area (Å²) in [7, 11) is 0. The van der Waals surface area contributed by atoms with Crippen LogP contribution in [0.1, 0.15) is 34.3 Å². The van der Waals surface area contributed by atoms with Crippen molar-refractivity contribution in [3.05, 3.63) is 114 Å². The number of amides is 1. The highest BCUT2D eigenvalue weighted by Gasteiger charge is 2.36. The van der Waals surface area contributed by atoms with E-state index in [9.17, 15) is 9.59 Å². The molecule has 6 heteroatoms. The van der Waals surface area contributed by atoms with E-state index in [0.29, 0.717) is 17.0 Å². The lowest BCUT2D eigenvalue weighted by atomic mass is 9.90. The lowest BCUT2D eigenvalue weighted by Crippen LogP contribution is -2.21. The molecule has 0 saturated heterocycles. The van der Waals surface area contributed by atoms with Crippen LogP contribution in [0.4, 0.5) is 11.4 Å². The number of anilines is 1. The molecule has 35 heavy (non-hydrogen) atoms. The first-order chi connectivity index (χ1) is 17.1. The molecule has 1 aliphatic rings. The molecule has 0 radical (unpaired) electrons. The number of carbonyl (C=O) groups is 2. The molecule has 1 unspecified atom stereocenters. The number of carbonyl (C=O) groups excluding carboxylic acids is 2. The zero-order valence-corrected chi connectivity index (χ0v) is 19.1. The highest BCUT2D eigenvalue weighted by molar-refractivity contribution is 6.24. The van der Waals surface area contributed by atoms with Crippen molar-refractivity contribution in [3.63, 3.8) is 0 Å². The van der Waals surface area contributed by atoms with Gasteiger partial charge in [-0.3, -0.25) is 14.8 Å². The SMILES string of the molecule is CCOC(=O)c1ccc2c(c1)NC(=O)C2C(=Nc1ccc(-c2cccnc2)cc1)c1ccccc1. The van der Waals surface area contributed by atoms with Gasteiger partial charge in [0.25, 0.3) is 0 Å². The number of pyridine rings is 1. The molecule has 1 N–H and O–H groups in total. The monoisotopic (exact) mass is 461 g/mol. The molecule has 0 bridgehead atoms. The Bertz CT molecular complexity index is 1400. The van der Waals surface area contributed by atoms with Crippen LogP contribution in [-0.2, 0) is 9.53 Å². The van der Waals surface area contributed by atoms with Crippen molar-refractivity contribution in [1.29, 1.82) is 0 Å². The lowest BCUT2D eigenvalue weighted by Gasteiger charge is -2.14. The van der Waals surface area contributed by atoms with Gasteiger partial charge in [0.2, 0.25) is 5.91 Å². The van der Waals surface area contributed by atoms with Crippen molar-refractivity contribution < 1.29 is 14.3 Å². The van der Waals surface area contributed by atoms with Gasteiger partial charge in [-0.2, -0.15) is 0 Å². The number of benzene rings is 3. The molecule has 4 aromatic rings. The van der Waals surface area contributed by atoms with Crippen LogP contribution in [-0.4, -0.2) is 29.2 Å². The maximum absolute atomic E-state index is 13.2. The zero-order chi connectivity index (χ0) is 24.2. The van der Waals surface area contributed by atoms with Crippen molar-refractivity contribution in [2.75, 3.05) is 11.9 Å². The van der Waals surface area contributed by atoms with E-state index in [1.54, 1.807) is 31.3 Å². The van der Waals surface area contributed by atoms with Crippen molar-refractivity contribution in [2.24, 2.45) is 4.99 Å². The lowest BCUT2D eigenvalue weighted by molar-refractivity contribution is -0.115. The smallest absolute Gasteiger partial charge is 0.338 e. The second-order valence-corrected chi connectivity index (χ2v) is 8.10. The number of esters is 1. The molecule has 0 fully saturated rings. The number of rotatable bonds is 6. The third-order valence-corrected chi connectivity index (χ3v) is 5.85. The maximum atomic E-state index is 13.2. The normalized spacial score (nSPS) is 14.8. The predicted molar refractivity (Wildman–Crippen MR) is 136 cm³/mol. The van der Waals surface area contributed by atoms with Crippen molar-refractivity contribution in [3.8, 4) is 11.1 Å². The van der Waals surface area contributed by atoms with E-state index in [2.05, 4.69) is 10.3 Å². The summed E-state index contributed by atoms with van der Waals surface area (Å²) in [5.41, 5.74) is 6.06. The van der Waals surface area contributed by atoms with Gasteiger partial charge in [-0.25, -0.2) is 4.79 Å². The Balaban J connectivity index is 1.55. The second kappa shape index (κ2) is 9.73. The fourth-order valence-corrected chi connectivity index (χ4v) is 4.18. The maximum Gasteiger partial charge on any atom is 0.338 e. The third-order valence-electron chi connectivity index (χ3n) is 5.85. The van der Waals surface area contributed by atoms with E-state index in [4.69, 9.17) is 9.73 Å². The third kappa shape index (κ3) is 4.59. The highest BCUT2D eigenvalue weighted by atomic mass is 16.5. The fourth-order valence-electron chi connectivity index (χ4n) is 4.18. The highest BCUT2D eigenvalue weighted by Crippen LogP contribution is 2.37. The summed E-state index contributed by atoms with van der Waals surface area (Å²) in [4.78, 5) is 34.4. The van der Waals surface area contributed by atoms with Crippen LogP contribution >= 0.6 is 0 Å². The molecule has 0 aliphatic carbocycles. The van der Waals surface area contributed by atoms with E-state index in [-0.39, 0.29) is 12.5 Å². The number of nitrogens with zero attached hydrogens (tertiary/aromatic N) is 2. The average Bonchev–Trinajstić information content (AvgIpc) is 3.23. The molecule has 3 aromatic carbocycles. The molecular weight excluding hydrogens is 438 g/mol. The zero-order valence-electron chi connectivity index (χ0n) is 19.1. The van der Waals surface area contributed by atoms with Gasteiger partial charge in [-0.05, 0) is 59.5 Å².